The Morgan fingerprint density at radius 2 is 2.54 bits per heavy atom. The van der Waals surface area contributed by atoms with Crippen molar-refractivity contribution in [1.82, 2.24) is 9.78 Å². The third-order valence-corrected chi connectivity index (χ3v) is 1.69. The zero-order valence-electron chi connectivity index (χ0n) is 6.94. The molecule has 0 atom stereocenters. The van der Waals surface area contributed by atoms with Gasteiger partial charge in [-0.05, 0) is 0 Å². The molecule has 13 heavy (non-hydrogen) atoms. The second-order valence-electron chi connectivity index (χ2n) is 2.32. The fourth-order valence-corrected chi connectivity index (χ4v) is 1.02. The molecule has 0 fully saturated rings. The predicted octanol–water partition coefficient (Wildman–Crippen LogP) is 1.09. The van der Waals surface area contributed by atoms with Crippen molar-refractivity contribution in [2.75, 3.05) is 13.7 Å². The summed E-state index contributed by atoms with van der Waals surface area (Å²) < 4.78 is 6.16. The maximum Gasteiger partial charge on any atom is 0.325 e. The zero-order valence-corrected chi connectivity index (χ0v) is 7.69. The van der Waals surface area contributed by atoms with E-state index in [9.17, 15) is 10.1 Å². The van der Waals surface area contributed by atoms with Crippen molar-refractivity contribution < 1.29 is 9.66 Å². The Morgan fingerprint density at radius 3 is 3.00 bits per heavy atom. The van der Waals surface area contributed by atoms with Gasteiger partial charge in [-0.1, -0.05) is 11.6 Å². The summed E-state index contributed by atoms with van der Waals surface area (Å²) in [6.07, 6.45) is 1.28. The van der Waals surface area contributed by atoms with Gasteiger partial charge in [0.05, 0.1) is 18.1 Å². The largest absolute Gasteiger partial charge is 0.383 e. The molecule has 1 rings (SSSR count). The fourth-order valence-electron chi connectivity index (χ4n) is 0.809. The third-order valence-electron chi connectivity index (χ3n) is 1.42. The Balaban J connectivity index is 2.76. The van der Waals surface area contributed by atoms with Gasteiger partial charge in [0, 0.05) is 7.11 Å². The molecule has 0 N–H and O–H groups in total. The molecule has 0 aliphatic rings. The van der Waals surface area contributed by atoms with Gasteiger partial charge in [-0.25, -0.2) is 0 Å². The highest BCUT2D eigenvalue weighted by molar-refractivity contribution is 6.31. The first-order valence-electron chi connectivity index (χ1n) is 3.51. The SMILES string of the molecule is COCCn1cc([N+](=O)[O-])c(Cl)n1. The number of hydrogen-bond acceptors (Lipinski definition) is 4. The summed E-state index contributed by atoms with van der Waals surface area (Å²) >= 11 is 5.50. The van der Waals surface area contributed by atoms with Crippen molar-refractivity contribution in [3.63, 3.8) is 0 Å². The van der Waals surface area contributed by atoms with E-state index in [1.165, 1.54) is 10.9 Å². The monoisotopic (exact) mass is 205 g/mol. The number of rotatable bonds is 4. The van der Waals surface area contributed by atoms with Crippen LogP contribution >= 0.6 is 11.6 Å². The van der Waals surface area contributed by atoms with E-state index in [-0.39, 0.29) is 10.8 Å². The molecule has 0 aliphatic carbocycles. The molecule has 0 amide bonds. The molecule has 1 aromatic heterocycles. The predicted molar refractivity (Wildman–Crippen MR) is 45.8 cm³/mol. The lowest BCUT2D eigenvalue weighted by atomic mass is 10.6. The maximum absolute atomic E-state index is 10.3. The highest BCUT2D eigenvalue weighted by atomic mass is 35.5. The molecule has 0 saturated carbocycles. The first kappa shape index (κ1) is 9.94. The Bertz CT molecular complexity index is 312. The summed E-state index contributed by atoms with van der Waals surface area (Å²) in [6.45, 7) is 0.888. The standard InChI is InChI=1S/C6H8ClN3O3/c1-13-3-2-9-4-5(10(11)12)6(7)8-9/h4H,2-3H2,1H3. The number of nitrogens with zero attached hydrogens (tertiary/aromatic N) is 3. The minimum Gasteiger partial charge on any atom is -0.383 e. The van der Waals surface area contributed by atoms with E-state index in [0.29, 0.717) is 13.2 Å². The van der Waals surface area contributed by atoms with Crippen LogP contribution in [-0.2, 0) is 11.3 Å². The van der Waals surface area contributed by atoms with Crippen LogP contribution in [-0.4, -0.2) is 28.4 Å². The second kappa shape index (κ2) is 4.20. The van der Waals surface area contributed by atoms with Gasteiger partial charge in [0.25, 0.3) is 0 Å². The van der Waals surface area contributed by atoms with Crippen molar-refractivity contribution in [2.45, 2.75) is 6.54 Å². The van der Waals surface area contributed by atoms with E-state index in [1.807, 2.05) is 0 Å². The van der Waals surface area contributed by atoms with E-state index in [4.69, 9.17) is 16.3 Å². The molecule has 6 nitrogen and oxygen atoms in total. The number of methoxy groups -OCH3 is 1. The Hall–Kier alpha value is -1.14. The minimum absolute atomic E-state index is 0.0962. The number of nitro groups is 1. The summed E-state index contributed by atoms with van der Waals surface area (Å²) in [5, 5.41) is 14.0. The molecule has 1 aromatic rings. The quantitative estimate of drug-likeness (QED) is 0.545. The van der Waals surface area contributed by atoms with E-state index in [1.54, 1.807) is 7.11 Å². The van der Waals surface area contributed by atoms with Gasteiger partial charge < -0.3 is 4.74 Å². The molecule has 0 radical (unpaired) electrons. The normalized spacial score (nSPS) is 10.3. The summed E-state index contributed by atoms with van der Waals surface area (Å²) in [5.74, 6) is 0. The lowest BCUT2D eigenvalue weighted by Gasteiger charge is -1.96. The molecule has 0 aromatic carbocycles. The number of aromatic nitrogens is 2. The molecular formula is C6H8ClN3O3. The lowest BCUT2D eigenvalue weighted by molar-refractivity contribution is -0.384. The molecule has 0 aliphatic heterocycles. The smallest absolute Gasteiger partial charge is 0.325 e. The van der Waals surface area contributed by atoms with Crippen LogP contribution in [0, 0.1) is 10.1 Å². The van der Waals surface area contributed by atoms with Crippen LogP contribution in [0.1, 0.15) is 0 Å². The van der Waals surface area contributed by atoms with Crippen LogP contribution in [0.3, 0.4) is 0 Å². The molecule has 0 spiro atoms. The van der Waals surface area contributed by atoms with Crippen molar-refractivity contribution in [3.05, 3.63) is 21.5 Å². The molecular weight excluding hydrogens is 198 g/mol. The number of ether oxygens (including phenoxy) is 1. The molecule has 0 saturated heterocycles. The van der Waals surface area contributed by atoms with E-state index < -0.39 is 4.92 Å². The molecule has 7 heteroatoms. The second-order valence-corrected chi connectivity index (χ2v) is 2.68. The van der Waals surface area contributed by atoms with Crippen LogP contribution in [0.4, 0.5) is 5.69 Å². The summed E-state index contributed by atoms with van der Waals surface area (Å²) in [4.78, 5) is 9.77. The van der Waals surface area contributed by atoms with E-state index >= 15 is 0 Å². The van der Waals surface area contributed by atoms with Gasteiger partial charge in [0.15, 0.2) is 0 Å². The Kier molecular flexibility index (Phi) is 3.21. The molecule has 72 valence electrons. The van der Waals surface area contributed by atoms with Crippen LogP contribution < -0.4 is 0 Å². The molecule has 1 heterocycles. The van der Waals surface area contributed by atoms with Gasteiger partial charge >= 0.3 is 5.69 Å². The van der Waals surface area contributed by atoms with Crippen LogP contribution in [0.25, 0.3) is 0 Å². The highest BCUT2D eigenvalue weighted by Crippen LogP contribution is 2.21. The molecule has 0 unspecified atom stereocenters. The average molecular weight is 206 g/mol. The van der Waals surface area contributed by atoms with Crippen molar-refractivity contribution in [3.8, 4) is 0 Å². The highest BCUT2D eigenvalue weighted by Gasteiger charge is 2.16. The van der Waals surface area contributed by atoms with E-state index in [2.05, 4.69) is 5.10 Å². The van der Waals surface area contributed by atoms with Crippen molar-refractivity contribution in [1.29, 1.82) is 0 Å². The van der Waals surface area contributed by atoms with Crippen molar-refractivity contribution in [2.24, 2.45) is 0 Å². The van der Waals surface area contributed by atoms with E-state index in [0.717, 1.165) is 0 Å². The van der Waals surface area contributed by atoms with Gasteiger partial charge in [-0.2, -0.15) is 5.10 Å². The van der Waals surface area contributed by atoms with Gasteiger partial charge in [-0.15, -0.1) is 0 Å². The maximum atomic E-state index is 10.3. The summed E-state index contributed by atoms with van der Waals surface area (Å²) in [5.41, 5.74) is -0.183. The van der Waals surface area contributed by atoms with Gasteiger partial charge in [0.2, 0.25) is 5.15 Å². The topological polar surface area (TPSA) is 70.2 Å². The van der Waals surface area contributed by atoms with Crippen LogP contribution in [0.2, 0.25) is 5.15 Å². The van der Waals surface area contributed by atoms with Crippen LogP contribution in [0.5, 0.6) is 0 Å². The fraction of sp³-hybridized carbons (Fsp3) is 0.500. The summed E-state index contributed by atoms with van der Waals surface area (Å²) in [7, 11) is 1.54. The Morgan fingerprint density at radius 1 is 1.85 bits per heavy atom. The minimum atomic E-state index is -0.571. The first-order valence-corrected chi connectivity index (χ1v) is 3.89. The lowest BCUT2D eigenvalue weighted by Crippen LogP contribution is -2.04. The molecule has 0 bridgehead atoms. The van der Waals surface area contributed by atoms with Crippen LogP contribution in [0.15, 0.2) is 6.20 Å². The average Bonchev–Trinajstić information content (AvgIpc) is 2.43. The number of halogens is 1. The zero-order chi connectivity index (χ0) is 9.84. The van der Waals surface area contributed by atoms with Crippen molar-refractivity contribution >= 4 is 17.3 Å². The first-order chi connectivity index (χ1) is 6.15. The van der Waals surface area contributed by atoms with Gasteiger partial charge in [0.1, 0.15) is 6.20 Å². The van der Waals surface area contributed by atoms with Gasteiger partial charge in [-0.3, -0.25) is 14.8 Å². The number of hydrogen-bond donors (Lipinski definition) is 0. The Labute approximate surface area is 79.2 Å². The summed E-state index contributed by atoms with van der Waals surface area (Å²) in [6, 6.07) is 0. The third kappa shape index (κ3) is 2.40.